The summed E-state index contributed by atoms with van der Waals surface area (Å²) in [6, 6.07) is 8.34. The van der Waals surface area contributed by atoms with Crippen molar-refractivity contribution in [2.75, 3.05) is 18.0 Å². The van der Waals surface area contributed by atoms with Gasteiger partial charge < -0.3 is 10.6 Å². The summed E-state index contributed by atoms with van der Waals surface area (Å²) in [4.78, 5) is 6.44. The summed E-state index contributed by atoms with van der Waals surface area (Å²) in [5.74, 6) is 1.13. The van der Waals surface area contributed by atoms with Crippen LogP contribution in [0.1, 0.15) is 26.3 Å². The molecule has 1 rings (SSSR count). The molecule has 17 heavy (non-hydrogen) atoms. The van der Waals surface area contributed by atoms with Crippen LogP contribution in [0.25, 0.3) is 0 Å². The Kier molecular flexibility index (Phi) is 5.01. The molecule has 0 fully saturated rings. The van der Waals surface area contributed by atoms with Gasteiger partial charge in [-0.15, -0.1) is 0 Å². The maximum Gasteiger partial charge on any atom is 0.195 e. The third-order valence-electron chi connectivity index (χ3n) is 2.56. The number of anilines is 1. The molecule has 0 aliphatic heterocycles. The van der Waals surface area contributed by atoms with E-state index in [1.807, 2.05) is 4.90 Å². The zero-order valence-corrected chi connectivity index (χ0v) is 11.3. The molecule has 1 aromatic carbocycles. The van der Waals surface area contributed by atoms with E-state index in [2.05, 4.69) is 57.0 Å². The van der Waals surface area contributed by atoms with Gasteiger partial charge in [0, 0.05) is 18.8 Å². The van der Waals surface area contributed by atoms with E-state index in [9.17, 15) is 0 Å². The molecule has 0 saturated carbocycles. The largest absolute Gasteiger partial charge is 0.370 e. The van der Waals surface area contributed by atoms with E-state index < -0.39 is 0 Å². The molecule has 0 spiro atoms. The summed E-state index contributed by atoms with van der Waals surface area (Å²) in [7, 11) is 0. The second-order valence-corrected chi connectivity index (χ2v) is 4.67. The molecule has 3 heteroatoms. The molecule has 0 saturated heterocycles. The van der Waals surface area contributed by atoms with Gasteiger partial charge in [-0.05, 0) is 31.9 Å². The Balaban J connectivity index is 2.83. The lowest BCUT2D eigenvalue weighted by Crippen LogP contribution is -2.37. The van der Waals surface area contributed by atoms with Crippen LogP contribution < -0.4 is 10.6 Å². The maximum atomic E-state index is 6.02. The van der Waals surface area contributed by atoms with E-state index in [1.54, 1.807) is 0 Å². The van der Waals surface area contributed by atoms with Crippen LogP contribution in [-0.2, 0) is 0 Å². The number of benzene rings is 1. The van der Waals surface area contributed by atoms with Crippen molar-refractivity contribution < 1.29 is 0 Å². The molecule has 0 amide bonds. The summed E-state index contributed by atoms with van der Waals surface area (Å²) < 4.78 is 0. The van der Waals surface area contributed by atoms with Crippen molar-refractivity contribution in [3.8, 4) is 0 Å². The summed E-state index contributed by atoms with van der Waals surface area (Å²) in [5, 5.41) is 0. The third-order valence-corrected chi connectivity index (χ3v) is 2.56. The predicted octanol–water partition coefficient (Wildman–Crippen LogP) is 2.79. The van der Waals surface area contributed by atoms with Crippen LogP contribution >= 0.6 is 0 Å². The lowest BCUT2D eigenvalue weighted by Gasteiger charge is -2.22. The molecular formula is C14H23N3. The second kappa shape index (κ2) is 6.28. The summed E-state index contributed by atoms with van der Waals surface area (Å²) >= 11 is 0. The molecule has 94 valence electrons. The summed E-state index contributed by atoms with van der Waals surface area (Å²) in [6.07, 6.45) is 0. The topological polar surface area (TPSA) is 41.6 Å². The fraction of sp³-hybridized carbons (Fsp3) is 0.500. The molecule has 0 aromatic heterocycles. The van der Waals surface area contributed by atoms with Gasteiger partial charge in [0.1, 0.15) is 0 Å². The minimum absolute atomic E-state index is 0.533. The average Bonchev–Trinajstić information content (AvgIpc) is 2.30. The van der Waals surface area contributed by atoms with Crippen LogP contribution in [0.3, 0.4) is 0 Å². The molecule has 2 N–H and O–H groups in total. The van der Waals surface area contributed by atoms with Crippen LogP contribution in [-0.4, -0.2) is 19.0 Å². The fourth-order valence-corrected chi connectivity index (χ4v) is 1.56. The molecule has 0 aliphatic carbocycles. The van der Waals surface area contributed by atoms with Crippen LogP contribution in [0.5, 0.6) is 0 Å². The van der Waals surface area contributed by atoms with Crippen LogP contribution in [0.2, 0.25) is 0 Å². The Morgan fingerprint density at radius 3 is 2.35 bits per heavy atom. The monoisotopic (exact) mass is 233 g/mol. The zero-order valence-electron chi connectivity index (χ0n) is 11.3. The normalized spacial score (nSPS) is 11.9. The van der Waals surface area contributed by atoms with Gasteiger partial charge in [-0.3, -0.25) is 4.99 Å². The highest BCUT2D eigenvalue weighted by atomic mass is 15.2. The number of nitrogens with zero attached hydrogens (tertiary/aromatic N) is 2. The lowest BCUT2D eigenvalue weighted by molar-refractivity contribution is 0.663. The predicted molar refractivity (Wildman–Crippen MR) is 75.5 cm³/mol. The lowest BCUT2D eigenvalue weighted by atomic mass is 10.2. The standard InChI is InChI=1S/C14H23N3/c1-5-17(14(15)16-10-11(2)3)13-8-6-12(4)7-9-13/h6-9,11H,5,10H2,1-4H3,(H2,15,16). The van der Waals surface area contributed by atoms with E-state index >= 15 is 0 Å². The first-order valence-electron chi connectivity index (χ1n) is 6.18. The highest BCUT2D eigenvalue weighted by molar-refractivity contribution is 5.94. The first-order valence-corrected chi connectivity index (χ1v) is 6.18. The maximum absolute atomic E-state index is 6.02. The average molecular weight is 233 g/mol. The van der Waals surface area contributed by atoms with Crippen molar-refractivity contribution in [3.05, 3.63) is 29.8 Å². The van der Waals surface area contributed by atoms with Crippen LogP contribution in [0.15, 0.2) is 29.3 Å². The molecule has 1 aromatic rings. The number of nitrogens with two attached hydrogens (primary N) is 1. The number of aryl methyl sites for hydroxylation is 1. The highest BCUT2D eigenvalue weighted by Gasteiger charge is 2.07. The summed E-state index contributed by atoms with van der Waals surface area (Å²) in [5.41, 5.74) is 8.38. The van der Waals surface area contributed by atoms with Gasteiger partial charge in [-0.25, -0.2) is 0 Å². The first kappa shape index (κ1) is 13.6. The number of aliphatic imine (C=N–C) groups is 1. The minimum Gasteiger partial charge on any atom is -0.370 e. The molecule has 0 aliphatic rings. The van der Waals surface area contributed by atoms with Gasteiger partial charge >= 0.3 is 0 Å². The molecular weight excluding hydrogens is 210 g/mol. The van der Waals surface area contributed by atoms with Gasteiger partial charge in [0.25, 0.3) is 0 Å². The third kappa shape index (κ3) is 4.10. The Hall–Kier alpha value is -1.51. The number of hydrogen-bond donors (Lipinski definition) is 1. The molecule has 0 unspecified atom stereocenters. The molecule has 0 atom stereocenters. The van der Waals surface area contributed by atoms with Crippen molar-refractivity contribution >= 4 is 11.6 Å². The smallest absolute Gasteiger partial charge is 0.195 e. The first-order chi connectivity index (χ1) is 8.04. The highest BCUT2D eigenvalue weighted by Crippen LogP contribution is 2.14. The second-order valence-electron chi connectivity index (χ2n) is 4.67. The SMILES string of the molecule is CCN(C(N)=NCC(C)C)c1ccc(C)cc1. The number of rotatable bonds is 4. The Morgan fingerprint density at radius 1 is 1.29 bits per heavy atom. The van der Waals surface area contributed by atoms with Gasteiger partial charge in [-0.2, -0.15) is 0 Å². The van der Waals surface area contributed by atoms with Gasteiger partial charge in [-0.1, -0.05) is 31.5 Å². The van der Waals surface area contributed by atoms with Gasteiger partial charge in [0.15, 0.2) is 5.96 Å². The van der Waals surface area contributed by atoms with Gasteiger partial charge in [0.05, 0.1) is 0 Å². The molecule has 0 radical (unpaired) electrons. The number of guanidine groups is 1. The number of hydrogen-bond acceptors (Lipinski definition) is 1. The van der Waals surface area contributed by atoms with Crippen LogP contribution in [0.4, 0.5) is 5.69 Å². The molecule has 0 heterocycles. The van der Waals surface area contributed by atoms with E-state index in [1.165, 1.54) is 5.56 Å². The van der Waals surface area contributed by atoms with Crippen molar-refractivity contribution in [3.63, 3.8) is 0 Å². The quantitative estimate of drug-likeness (QED) is 0.642. The van der Waals surface area contributed by atoms with Crippen molar-refractivity contribution in [1.82, 2.24) is 0 Å². The Morgan fingerprint density at radius 2 is 1.88 bits per heavy atom. The Bertz CT molecular complexity index is 366. The van der Waals surface area contributed by atoms with Gasteiger partial charge in [0.2, 0.25) is 0 Å². The van der Waals surface area contributed by atoms with Crippen molar-refractivity contribution in [2.45, 2.75) is 27.7 Å². The Labute approximate surface area is 104 Å². The van der Waals surface area contributed by atoms with E-state index in [0.717, 1.165) is 18.8 Å². The van der Waals surface area contributed by atoms with E-state index in [-0.39, 0.29) is 0 Å². The molecule has 3 nitrogen and oxygen atoms in total. The van der Waals surface area contributed by atoms with Crippen molar-refractivity contribution in [2.24, 2.45) is 16.6 Å². The summed E-state index contributed by atoms with van der Waals surface area (Å²) in [6.45, 7) is 10.0. The zero-order chi connectivity index (χ0) is 12.8. The minimum atomic E-state index is 0.533. The van der Waals surface area contributed by atoms with Crippen LogP contribution in [0, 0.1) is 12.8 Å². The van der Waals surface area contributed by atoms with E-state index in [4.69, 9.17) is 5.73 Å². The fourth-order valence-electron chi connectivity index (χ4n) is 1.56. The van der Waals surface area contributed by atoms with Crippen molar-refractivity contribution in [1.29, 1.82) is 0 Å². The molecule has 0 bridgehead atoms. The van der Waals surface area contributed by atoms with E-state index in [0.29, 0.717) is 11.9 Å².